The first-order chi connectivity index (χ1) is 14.7. The van der Waals surface area contributed by atoms with Crippen LogP contribution in [0.3, 0.4) is 0 Å². The standard InChI is InChI=1S/C25H27FN2OS/c1-2-19-17-21(25(30-19)27-24(29)18-11-5-3-6-12-18)23(28-15-9-4-10-16-28)20-13-7-8-14-22(20)26/h3,5-8,11-14,17,23H,2,4,9-10,15-16H2,1H3,(H,27,29). The number of nitrogens with one attached hydrogen (secondary N) is 1. The van der Waals surface area contributed by atoms with Crippen molar-refractivity contribution in [3.8, 4) is 0 Å². The molecule has 30 heavy (non-hydrogen) atoms. The fourth-order valence-corrected chi connectivity index (χ4v) is 5.16. The van der Waals surface area contributed by atoms with Crippen molar-refractivity contribution in [2.75, 3.05) is 18.4 Å². The number of halogens is 1. The number of carbonyl (C=O) groups excluding carboxylic acids is 1. The molecule has 0 aliphatic carbocycles. The van der Waals surface area contributed by atoms with E-state index >= 15 is 0 Å². The van der Waals surface area contributed by atoms with Gasteiger partial charge < -0.3 is 5.32 Å². The highest BCUT2D eigenvalue weighted by Crippen LogP contribution is 2.41. The number of carbonyl (C=O) groups is 1. The first-order valence-electron chi connectivity index (χ1n) is 10.6. The lowest BCUT2D eigenvalue weighted by Gasteiger charge is -2.35. The minimum absolute atomic E-state index is 0.132. The van der Waals surface area contributed by atoms with Gasteiger partial charge in [-0.25, -0.2) is 4.39 Å². The number of hydrogen-bond donors (Lipinski definition) is 1. The van der Waals surface area contributed by atoms with Crippen molar-refractivity contribution >= 4 is 22.2 Å². The molecule has 2 aromatic carbocycles. The third-order valence-corrected chi connectivity index (χ3v) is 6.88. The molecule has 1 aliphatic rings. The second kappa shape index (κ2) is 9.54. The van der Waals surface area contributed by atoms with Gasteiger partial charge in [-0.2, -0.15) is 0 Å². The van der Waals surface area contributed by atoms with Crippen LogP contribution in [0.4, 0.5) is 9.39 Å². The van der Waals surface area contributed by atoms with E-state index in [1.165, 1.54) is 17.4 Å². The highest BCUT2D eigenvalue weighted by molar-refractivity contribution is 7.16. The Morgan fingerprint density at radius 2 is 1.73 bits per heavy atom. The van der Waals surface area contributed by atoms with E-state index in [0.29, 0.717) is 11.1 Å². The summed E-state index contributed by atoms with van der Waals surface area (Å²) in [7, 11) is 0. The number of likely N-dealkylation sites (tertiary alicyclic amines) is 1. The molecule has 0 spiro atoms. The van der Waals surface area contributed by atoms with Crippen molar-refractivity contribution in [3.63, 3.8) is 0 Å². The molecule has 1 unspecified atom stereocenters. The number of piperidine rings is 1. The Morgan fingerprint density at radius 3 is 2.43 bits per heavy atom. The lowest BCUT2D eigenvalue weighted by molar-refractivity contribution is 0.102. The van der Waals surface area contributed by atoms with Gasteiger partial charge >= 0.3 is 0 Å². The van der Waals surface area contributed by atoms with Crippen molar-refractivity contribution < 1.29 is 9.18 Å². The number of benzene rings is 2. The number of hydrogen-bond acceptors (Lipinski definition) is 3. The van der Waals surface area contributed by atoms with Crippen molar-refractivity contribution in [1.29, 1.82) is 0 Å². The van der Waals surface area contributed by atoms with Crippen LogP contribution < -0.4 is 5.32 Å². The Kier molecular flexibility index (Phi) is 6.60. The van der Waals surface area contributed by atoms with Crippen molar-refractivity contribution in [2.24, 2.45) is 0 Å². The summed E-state index contributed by atoms with van der Waals surface area (Å²) in [5.74, 6) is -0.329. The number of nitrogens with zero attached hydrogens (tertiary/aromatic N) is 1. The number of aryl methyl sites for hydroxylation is 1. The van der Waals surface area contributed by atoms with Crippen molar-refractivity contribution in [2.45, 2.75) is 38.6 Å². The highest BCUT2D eigenvalue weighted by Gasteiger charge is 2.30. The summed E-state index contributed by atoms with van der Waals surface area (Å²) >= 11 is 1.59. The van der Waals surface area contributed by atoms with E-state index in [2.05, 4.69) is 23.2 Å². The van der Waals surface area contributed by atoms with Crippen LogP contribution in [-0.4, -0.2) is 23.9 Å². The fraction of sp³-hybridized carbons (Fsp3) is 0.320. The van der Waals surface area contributed by atoms with Gasteiger partial charge in [0, 0.05) is 21.6 Å². The Bertz CT molecular complexity index is 995. The van der Waals surface area contributed by atoms with E-state index in [1.807, 2.05) is 42.5 Å². The molecule has 156 valence electrons. The van der Waals surface area contributed by atoms with Gasteiger partial charge in [-0.1, -0.05) is 49.7 Å². The number of thiophene rings is 1. The summed E-state index contributed by atoms with van der Waals surface area (Å²) in [4.78, 5) is 16.4. The average molecular weight is 423 g/mol. The second-order valence-electron chi connectivity index (χ2n) is 7.69. The maximum atomic E-state index is 14.9. The van der Waals surface area contributed by atoms with Crippen molar-refractivity contribution in [1.82, 2.24) is 4.90 Å². The first-order valence-corrected chi connectivity index (χ1v) is 11.5. The molecule has 3 aromatic rings. The molecule has 3 nitrogen and oxygen atoms in total. The Balaban J connectivity index is 1.75. The smallest absolute Gasteiger partial charge is 0.256 e. The summed E-state index contributed by atoms with van der Waals surface area (Å²) in [6, 6.07) is 18.2. The quantitative estimate of drug-likeness (QED) is 0.507. The SMILES string of the molecule is CCc1cc(C(c2ccccc2F)N2CCCCC2)c(NC(=O)c2ccccc2)s1. The van der Waals surface area contributed by atoms with Crippen LogP contribution >= 0.6 is 11.3 Å². The molecule has 1 saturated heterocycles. The van der Waals surface area contributed by atoms with Gasteiger partial charge in [-0.05, 0) is 56.6 Å². The fourth-order valence-electron chi connectivity index (χ4n) is 4.13. The highest BCUT2D eigenvalue weighted by atomic mass is 32.1. The summed E-state index contributed by atoms with van der Waals surface area (Å²) in [5, 5.41) is 3.94. The van der Waals surface area contributed by atoms with E-state index in [0.717, 1.165) is 42.9 Å². The molecular weight excluding hydrogens is 395 g/mol. The Morgan fingerprint density at radius 1 is 1.03 bits per heavy atom. The topological polar surface area (TPSA) is 32.3 Å². The van der Waals surface area contributed by atoms with Crippen LogP contribution in [0.1, 0.15) is 58.6 Å². The van der Waals surface area contributed by atoms with Crippen LogP contribution in [0.15, 0.2) is 60.7 Å². The molecule has 2 heterocycles. The minimum atomic E-state index is -0.200. The van der Waals surface area contributed by atoms with Crippen LogP contribution in [0.5, 0.6) is 0 Å². The lowest BCUT2D eigenvalue weighted by atomic mass is 9.95. The molecule has 0 saturated carbocycles. The molecule has 1 N–H and O–H groups in total. The van der Waals surface area contributed by atoms with Gasteiger partial charge in [0.15, 0.2) is 0 Å². The number of rotatable bonds is 6. The van der Waals surface area contributed by atoms with E-state index in [4.69, 9.17) is 0 Å². The van der Waals surface area contributed by atoms with Gasteiger partial charge in [-0.3, -0.25) is 9.69 Å². The molecule has 1 aliphatic heterocycles. The Labute approximate surface area is 181 Å². The lowest BCUT2D eigenvalue weighted by Crippen LogP contribution is -2.35. The summed E-state index contributed by atoms with van der Waals surface area (Å²) in [6.45, 7) is 3.97. The average Bonchev–Trinajstić information content (AvgIpc) is 3.19. The predicted molar refractivity (Wildman–Crippen MR) is 122 cm³/mol. The third kappa shape index (κ3) is 4.47. The van der Waals surface area contributed by atoms with E-state index in [-0.39, 0.29) is 17.8 Å². The summed E-state index contributed by atoms with van der Waals surface area (Å²) < 4.78 is 14.9. The minimum Gasteiger partial charge on any atom is -0.313 e. The number of anilines is 1. The van der Waals surface area contributed by atoms with Crippen LogP contribution in [0.2, 0.25) is 0 Å². The van der Waals surface area contributed by atoms with E-state index in [9.17, 15) is 9.18 Å². The summed E-state index contributed by atoms with van der Waals surface area (Å²) in [5.41, 5.74) is 2.29. The van der Waals surface area contributed by atoms with Crippen molar-refractivity contribution in [3.05, 3.63) is 88.0 Å². The first kappa shape index (κ1) is 20.8. The van der Waals surface area contributed by atoms with Gasteiger partial charge in [-0.15, -0.1) is 11.3 Å². The molecule has 0 bridgehead atoms. The Hall–Kier alpha value is -2.50. The second-order valence-corrected chi connectivity index (χ2v) is 8.83. The zero-order valence-electron chi connectivity index (χ0n) is 17.2. The zero-order chi connectivity index (χ0) is 20.9. The van der Waals surface area contributed by atoms with Gasteiger partial charge in [0.25, 0.3) is 5.91 Å². The molecule has 1 amide bonds. The molecule has 0 radical (unpaired) electrons. The van der Waals surface area contributed by atoms with E-state index < -0.39 is 0 Å². The molecule has 1 fully saturated rings. The van der Waals surface area contributed by atoms with E-state index in [1.54, 1.807) is 17.4 Å². The van der Waals surface area contributed by atoms with Crippen LogP contribution in [-0.2, 0) is 6.42 Å². The molecule has 4 rings (SSSR count). The van der Waals surface area contributed by atoms with Crippen LogP contribution in [0.25, 0.3) is 0 Å². The molecule has 5 heteroatoms. The van der Waals surface area contributed by atoms with Crippen LogP contribution in [0, 0.1) is 5.82 Å². The van der Waals surface area contributed by atoms with Gasteiger partial charge in [0.2, 0.25) is 0 Å². The normalized spacial score (nSPS) is 15.7. The molecular formula is C25H27FN2OS. The number of amides is 1. The molecule has 1 atom stereocenters. The van der Waals surface area contributed by atoms with Gasteiger partial charge in [0.1, 0.15) is 10.8 Å². The maximum Gasteiger partial charge on any atom is 0.256 e. The van der Waals surface area contributed by atoms with Gasteiger partial charge in [0.05, 0.1) is 6.04 Å². The summed E-state index contributed by atoms with van der Waals surface area (Å²) in [6.07, 6.45) is 4.31. The largest absolute Gasteiger partial charge is 0.313 e. The third-order valence-electron chi connectivity index (χ3n) is 5.67. The zero-order valence-corrected chi connectivity index (χ0v) is 18.1. The monoisotopic (exact) mass is 422 g/mol. The molecule has 1 aromatic heterocycles. The predicted octanol–water partition coefficient (Wildman–Crippen LogP) is 6.28. The maximum absolute atomic E-state index is 14.9.